The molecule has 0 saturated carbocycles. The molecule has 0 heterocycles. The van der Waals surface area contributed by atoms with Crippen molar-refractivity contribution < 1.29 is 4.74 Å². The molecule has 0 aliphatic rings. The van der Waals surface area contributed by atoms with Gasteiger partial charge in [-0.15, -0.1) is 0 Å². The van der Waals surface area contributed by atoms with Crippen LogP contribution in [0.2, 0.25) is 0 Å². The predicted molar refractivity (Wildman–Crippen MR) is 26.3 cm³/mol. The zero-order valence-corrected chi connectivity index (χ0v) is 4.38. The van der Waals surface area contributed by atoms with E-state index in [4.69, 9.17) is 10.5 Å². The molecule has 0 fully saturated rings. The zero-order valence-electron chi connectivity index (χ0n) is 4.38. The summed E-state index contributed by atoms with van der Waals surface area (Å²) in [4.78, 5) is 0. The Hall–Kier alpha value is -1.48. The second-order valence-corrected chi connectivity index (χ2v) is 0.954. The minimum absolute atomic E-state index is 0.0347. The lowest BCUT2D eigenvalue weighted by Gasteiger charge is -1.87. The van der Waals surface area contributed by atoms with Crippen LogP contribution >= 0.6 is 0 Å². The SMILES string of the molecule is COC(C#N)=CC#N. The van der Waals surface area contributed by atoms with Crippen LogP contribution in [0.3, 0.4) is 0 Å². The Kier molecular flexibility index (Phi) is 3.02. The van der Waals surface area contributed by atoms with Gasteiger partial charge in [0.25, 0.3) is 0 Å². The Balaban J connectivity index is 3.98. The molecule has 0 aliphatic heterocycles. The van der Waals surface area contributed by atoms with E-state index in [2.05, 4.69) is 4.74 Å². The number of hydrogen-bond acceptors (Lipinski definition) is 3. The van der Waals surface area contributed by atoms with E-state index < -0.39 is 0 Å². The van der Waals surface area contributed by atoms with Gasteiger partial charge in [0.2, 0.25) is 5.76 Å². The third-order valence-electron chi connectivity index (χ3n) is 0.526. The molecule has 3 nitrogen and oxygen atoms in total. The fraction of sp³-hybridized carbons (Fsp3) is 0.200. The van der Waals surface area contributed by atoms with Crippen LogP contribution in [-0.2, 0) is 4.74 Å². The molecule has 0 N–H and O–H groups in total. The van der Waals surface area contributed by atoms with E-state index in [-0.39, 0.29) is 5.76 Å². The summed E-state index contributed by atoms with van der Waals surface area (Å²) in [5.41, 5.74) is 0. The van der Waals surface area contributed by atoms with Crippen molar-refractivity contribution in [2.45, 2.75) is 0 Å². The molecule has 0 radical (unpaired) electrons. The summed E-state index contributed by atoms with van der Waals surface area (Å²) in [7, 11) is 1.34. The lowest BCUT2D eigenvalue weighted by atomic mass is 10.5. The molecule has 0 unspecified atom stereocenters. The van der Waals surface area contributed by atoms with E-state index >= 15 is 0 Å². The summed E-state index contributed by atoms with van der Waals surface area (Å²) >= 11 is 0. The third kappa shape index (κ3) is 1.84. The Morgan fingerprint density at radius 2 is 2.25 bits per heavy atom. The van der Waals surface area contributed by atoms with Crippen LogP contribution in [0, 0.1) is 22.7 Å². The van der Waals surface area contributed by atoms with Gasteiger partial charge in [0.05, 0.1) is 19.3 Å². The van der Waals surface area contributed by atoms with E-state index in [9.17, 15) is 0 Å². The van der Waals surface area contributed by atoms with Gasteiger partial charge in [-0.2, -0.15) is 10.5 Å². The van der Waals surface area contributed by atoms with Crippen molar-refractivity contribution in [1.82, 2.24) is 0 Å². The highest BCUT2D eigenvalue weighted by atomic mass is 16.5. The number of rotatable bonds is 1. The van der Waals surface area contributed by atoms with Gasteiger partial charge >= 0.3 is 0 Å². The minimum Gasteiger partial charge on any atom is -0.486 e. The Morgan fingerprint density at radius 1 is 1.62 bits per heavy atom. The molecule has 0 aromatic rings. The van der Waals surface area contributed by atoms with Crippen molar-refractivity contribution in [2.24, 2.45) is 0 Å². The number of nitriles is 2. The van der Waals surface area contributed by atoms with Crippen LogP contribution in [0.5, 0.6) is 0 Å². The molecule has 0 bridgehead atoms. The smallest absolute Gasteiger partial charge is 0.207 e. The molecule has 40 valence electrons. The van der Waals surface area contributed by atoms with Crippen LogP contribution in [0.4, 0.5) is 0 Å². The molecule has 8 heavy (non-hydrogen) atoms. The van der Waals surface area contributed by atoms with Crippen LogP contribution in [-0.4, -0.2) is 7.11 Å². The maximum absolute atomic E-state index is 8.06. The summed E-state index contributed by atoms with van der Waals surface area (Å²) in [6, 6.07) is 3.33. The number of hydrogen-bond donors (Lipinski definition) is 0. The normalized spacial score (nSPS) is 9.12. The topological polar surface area (TPSA) is 56.8 Å². The quantitative estimate of drug-likeness (QED) is 0.364. The highest BCUT2D eigenvalue weighted by Gasteiger charge is 1.85. The molecular weight excluding hydrogens is 104 g/mol. The number of methoxy groups -OCH3 is 1. The summed E-state index contributed by atoms with van der Waals surface area (Å²) in [5.74, 6) is 0.0347. The highest BCUT2D eigenvalue weighted by Crippen LogP contribution is 1.88. The van der Waals surface area contributed by atoms with E-state index in [1.165, 1.54) is 7.11 Å². The first-order valence-corrected chi connectivity index (χ1v) is 1.89. The van der Waals surface area contributed by atoms with Crippen molar-refractivity contribution in [3.8, 4) is 12.1 Å². The van der Waals surface area contributed by atoms with E-state index in [1.807, 2.05) is 0 Å². The van der Waals surface area contributed by atoms with Crippen LogP contribution in [0.1, 0.15) is 0 Å². The highest BCUT2D eigenvalue weighted by molar-refractivity contribution is 5.20. The average molecular weight is 108 g/mol. The Bertz CT molecular complexity index is 170. The summed E-state index contributed by atoms with van der Waals surface area (Å²) in [6.45, 7) is 0. The molecule has 0 aromatic heterocycles. The lowest BCUT2D eigenvalue weighted by Crippen LogP contribution is -1.78. The predicted octanol–water partition coefficient (Wildman–Crippen LogP) is 0.564. The molecule has 0 spiro atoms. The molecular formula is C5H4N2O. The molecule has 0 saturated heterocycles. The van der Waals surface area contributed by atoms with Gasteiger partial charge in [-0.1, -0.05) is 0 Å². The first-order valence-electron chi connectivity index (χ1n) is 1.89. The van der Waals surface area contributed by atoms with Gasteiger partial charge in [0.1, 0.15) is 6.07 Å². The standard InChI is InChI=1S/C5H4N2O/c1-8-5(4-7)2-3-6/h2H,1H3. The van der Waals surface area contributed by atoms with E-state index in [1.54, 1.807) is 12.1 Å². The maximum atomic E-state index is 8.06. The molecule has 0 aliphatic carbocycles. The summed E-state index contributed by atoms with van der Waals surface area (Å²) < 4.78 is 4.42. The van der Waals surface area contributed by atoms with Gasteiger partial charge in [-0.3, -0.25) is 0 Å². The summed E-state index contributed by atoms with van der Waals surface area (Å²) in [6.07, 6.45) is 1.04. The number of nitrogens with zero attached hydrogens (tertiary/aromatic N) is 2. The van der Waals surface area contributed by atoms with Crippen LogP contribution in [0.15, 0.2) is 11.8 Å². The van der Waals surface area contributed by atoms with Gasteiger partial charge in [0, 0.05) is 0 Å². The van der Waals surface area contributed by atoms with E-state index in [0.29, 0.717) is 0 Å². The van der Waals surface area contributed by atoms with Gasteiger partial charge in [0.15, 0.2) is 0 Å². The molecule has 0 atom stereocenters. The van der Waals surface area contributed by atoms with Crippen molar-refractivity contribution in [3.63, 3.8) is 0 Å². The third-order valence-corrected chi connectivity index (χ3v) is 0.526. The fourth-order valence-electron chi connectivity index (χ4n) is 0.195. The van der Waals surface area contributed by atoms with Gasteiger partial charge in [-0.25, -0.2) is 0 Å². The first kappa shape index (κ1) is 6.52. The average Bonchev–Trinajstić information content (AvgIpc) is 1.83. The minimum atomic E-state index is 0.0347. The van der Waals surface area contributed by atoms with Crippen molar-refractivity contribution in [2.75, 3.05) is 7.11 Å². The van der Waals surface area contributed by atoms with Crippen molar-refractivity contribution in [1.29, 1.82) is 10.5 Å². The molecule has 3 heteroatoms. The first-order chi connectivity index (χ1) is 3.85. The molecule has 0 rings (SSSR count). The summed E-state index contributed by atoms with van der Waals surface area (Å²) in [5, 5.41) is 16.0. The van der Waals surface area contributed by atoms with Crippen LogP contribution in [0.25, 0.3) is 0 Å². The second kappa shape index (κ2) is 3.70. The van der Waals surface area contributed by atoms with Gasteiger partial charge in [-0.05, 0) is 0 Å². The maximum Gasteiger partial charge on any atom is 0.207 e. The Morgan fingerprint density at radius 3 is 2.38 bits per heavy atom. The van der Waals surface area contributed by atoms with Gasteiger partial charge < -0.3 is 4.74 Å². The lowest BCUT2D eigenvalue weighted by molar-refractivity contribution is 0.310. The van der Waals surface area contributed by atoms with Crippen LogP contribution < -0.4 is 0 Å². The molecule has 0 amide bonds. The number of allylic oxidation sites excluding steroid dienone is 2. The zero-order chi connectivity index (χ0) is 6.41. The largest absolute Gasteiger partial charge is 0.486 e. The fourth-order valence-corrected chi connectivity index (χ4v) is 0.195. The van der Waals surface area contributed by atoms with E-state index in [0.717, 1.165) is 6.08 Å². The molecule has 0 aromatic carbocycles. The second-order valence-electron chi connectivity index (χ2n) is 0.954. The monoisotopic (exact) mass is 108 g/mol. The van der Waals surface area contributed by atoms with Crippen molar-refractivity contribution in [3.05, 3.63) is 11.8 Å². The Labute approximate surface area is 47.4 Å². The van der Waals surface area contributed by atoms with Crippen molar-refractivity contribution >= 4 is 0 Å². The number of ether oxygens (including phenoxy) is 1.